The van der Waals surface area contributed by atoms with Crippen LogP contribution in [-0.2, 0) is 32.7 Å². The van der Waals surface area contributed by atoms with Gasteiger partial charge in [0.2, 0.25) is 0 Å². The van der Waals surface area contributed by atoms with Crippen LogP contribution in [0.1, 0.15) is 335 Å². The van der Waals surface area contributed by atoms with Crippen molar-refractivity contribution < 1.29 is 42.1 Å². The van der Waals surface area contributed by atoms with Crippen LogP contribution in [0.5, 0.6) is 0 Å². The van der Waals surface area contributed by atoms with E-state index >= 15 is 0 Å². The van der Waals surface area contributed by atoms with Gasteiger partial charge < -0.3 is 18.9 Å². The van der Waals surface area contributed by atoms with Gasteiger partial charge in [-0.15, -0.1) is 0 Å². The number of hydrogen-bond acceptors (Lipinski definition) is 7. The van der Waals surface area contributed by atoms with Gasteiger partial charge in [0.25, 0.3) is 0 Å². The Morgan fingerprint density at radius 3 is 1.03 bits per heavy atom. The molecule has 0 heterocycles. The van der Waals surface area contributed by atoms with Crippen molar-refractivity contribution in [3.63, 3.8) is 0 Å². The SMILES string of the molecule is CCCCCCC/C=C\C/C=C\C/C=C\CCCCCCCCCCCCCCCCCCCCCCCCC(=O)OC(COC(=O)CCCCCCCCCCCCCCCCCCC)COP(=O)(O)OCC[N+](C)(C)C. The van der Waals surface area contributed by atoms with Crippen LogP contribution in [0.2, 0.25) is 0 Å². The molecule has 0 amide bonds. The van der Waals surface area contributed by atoms with E-state index in [0.29, 0.717) is 23.9 Å². The van der Waals surface area contributed by atoms with Crippen LogP contribution in [0.15, 0.2) is 36.5 Å². The zero-order valence-corrected chi connectivity index (χ0v) is 53.3. The number of nitrogens with zero attached hydrogens (tertiary/aromatic N) is 1. The molecule has 0 aliphatic carbocycles. The number of ether oxygens (including phenoxy) is 2. The first-order valence-electron chi connectivity index (χ1n) is 33.7. The highest BCUT2D eigenvalue weighted by Gasteiger charge is 2.27. The number of allylic oxidation sites excluding steroid dienone is 6. The minimum absolute atomic E-state index is 0.0353. The maximum absolute atomic E-state index is 12.8. The van der Waals surface area contributed by atoms with E-state index in [1.807, 2.05) is 21.1 Å². The number of phosphoric ester groups is 1. The number of quaternary nitrogens is 1. The lowest BCUT2D eigenvalue weighted by Gasteiger charge is -2.24. The summed E-state index contributed by atoms with van der Waals surface area (Å²) in [4.78, 5) is 35.8. The highest BCUT2D eigenvalue weighted by atomic mass is 31.2. The minimum atomic E-state index is -4.38. The van der Waals surface area contributed by atoms with Crippen molar-refractivity contribution in [1.29, 1.82) is 0 Å². The molecule has 78 heavy (non-hydrogen) atoms. The third kappa shape index (κ3) is 63.4. The van der Waals surface area contributed by atoms with Crippen LogP contribution in [0.3, 0.4) is 0 Å². The molecule has 1 N–H and O–H groups in total. The molecule has 0 aromatic heterocycles. The highest BCUT2D eigenvalue weighted by molar-refractivity contribution is 7.47. The molecular weight excluding hydrogens is 990 g/mol. The number of carbonyl (C=O) groups excluding carboxylic acids is 2. The van der Waals surface area contributed by atoms with Gasteiger partial charge >= 0.3 is 19.8 Å². The summed E-state index contributed by atoms with van der Waals surface area (Å²) in [6, 6.07) is 0. The Kier molecular flexibility index (Phi) is 58.5. The largest absolute Gasteiger partial charge is 0.472 e. The van der Waals surface area contributed by atoms with Crippen LogP contribution in [0.4, 0.5) is 0 Å². The quantitative estimate of drug-likeness (QED) is 0.0211. The molecule has 2 unspecified atom stereocenters. The van der Waals surface area contributed by atoms with E-state index in [2.05, 4.69) is 50.3 Å². The van der Waals surface area contributed by atoms with Crippen molar-refractivity contribution >= 4 is 19.8 Å². The van der Waals surface area contributed by atoms with Gasteiger partial charge in [-0.3, -0.25) is 18.6 Å². The second kappa shape index (κ2) is 59.8. The summed E-state index contributed by atoms with van der Waals surface area (Å²) < 4.78 is 34.7. The summed E-state index contributed by atoms with van der Waals surface area (Å²) in [7, 11) is 1.50. The Bertz CT molecular complexity index is 1410. The number of esters is 2. The fraction of sp³-hybridized carbons (Fsp3) is 0.882. The zero-order chi connectivity index (χ0) is 57.0. The molecule has 9 nitrogen and oxygen atoms in total. The van der Waals surface area contributed by atoms with Gasteiger partial charge in [-0.2, -0.15) is 0 Å². The Balaban J connectivity index is 3.93. The van der Waals surface area contributed by atoms with Gasteiger partial charge in [-0.05, 0) is 51.4 Å². The summed E-state index contributed by atoms with van der Waals surface area (Å²) in [6.45, 7) is 4.48. The average molecular weight is 1120 g/mol. The van der Waals surface area contributed by atoms with E-state index < -0.39 is 26.5 Å². The number of rotatable bonds is 63. The van der Waals surface area contributed by atoms with E-state index in [4.69, 9.17) is 18.5 Å². The first-order valence-corrected chi connectivity index (χ1v) is 35.2. The molecule has 0 radical (unpaired) electrons. The van der Waals surface area contributed by atoms with Crippen molar-refractivity contribution in [3.05, 3.63) is 36.5 Å². The van der Waals surface area contributed by atoms with Crippen molar-refractivity contribution in [2.75, 3.05) is 47.5 Å². The number of unbranched alkanes of at least 4 members (excludes halogenated alkanes) is 43. The van der Waals surface area contributed by atoms with Gasteiger partial charge in [-0.25, -0.2) is 4.57 Å². The molecule has 10 heteroatoms. The van der Waals surface area contributed by atoms with Crippen LogP contribution in [0.25, 0.3) is 0 Å². The molecule has 0 aromatic carbocycles. The molecule has 460 valence electrons. The van der Waals surface area contributed by atoms with Crippen LogP contribution < -0.4 is 0 Å². The number of carbonyl (C=O) groups is 2. The monoisotopic (exact) mass is 1120 g/mol. The van der Waals surface area contributed by atoms with Gasteiger partial charge in [0.15, 0.2) is 6.10 Å². The maximum Gasteiger partial charge on any atom is 0.472 e. The molecule has 0 aromatic rings. The Labute approximate surface area is 484 Å². The number of likely N-dealkylation sites (N-methyl/N-ethyl adjacent to an activating group) is 1. The lowest BCUT2D eigenvalue weighted by atomic mass is 10.0. The van der Waals surface area contributed by atoms with E-state index in [-0.39, 0.29) is 25.6 Å². The standard InChI is InChI=1S/C68H130NO8P/c1-6-8-10-12-14-16-18-20-22-24-25-26-27-28-29-30-31-32-33-34-35-36-37-38-39-40-41-42-43-45-47-49-51-53-55-57-59-61-68(71)77-66(65-76-78(72,73)75-63-62-69(3,4)5)64-74-67(70)60-58-56-54-52-50-48-46-44-23-21-19-17-15-13-11-9-7-2/h18,20,24-25,27-28,66H,6-17,19,21-23,26,29-65H2,1-5H3/p+1/b20-18-,25-24-,28-27-. The molecule has 0 saturated heterocycles. The third-order valence-corrected chi connectivity index (χ3v) is 16.2. The molecule has 0 saturated carbocycles. The third-order valence-electron chi connectivity index (χ3n) is 15.2. The van der Waals surface area contributed by atoms with Crippen molar-refractivity contribution in [2.24, 2.45) is 0 Å². The summed E-state index contributed by atoms with van der Waals surface area (Å²) in [5, 5.41) is 0. The van der Waals surface area contributed by atoms with Gasteiger partial charge in [0.05, 0.1) is 27.7 Å². The van der Waals surface area contributed by atoms with Gasteiger partial charge in [-0.1, -0.05) is 307 Å². The fourth-order valence-electron chi connectivity index (χ4n) is 9.97. The lowest BCUT2D eigenvalue weighted by Crippen LogP contribution is -2.37. The number of phosphoric acid groups is 1. The predicted molar refractivity (Wildman–Crippen MR) is 335 cm³/mol. The van der Waals surface area contributed by atoms with E-state index in [0.717, 1.165) is 44.9 Å². The average Bonchev–Trinajstić information content (AvgIpc) is 3.41. The van der Waals surface area contributed by atoms with E-state index in [1.165, 1.54) is 257 Å². The molecule has 0 bridgehead atoms. The predicted octanol–water partition coefficient (Wildman–Crippen LogP) is 21.5. The Morgan fingerprint density at radius 1 is 0.397 bits per heavy atom. The molecule has 0 spiro atoms. The summed E-state index contributed by atoms with van der Waals surface area (Å²) in [5.74, 6) is -0.776. The Hall–Kier alpha value is -1.77. The summed E-state index contributed by atoms with van der Waals surface area (Å²) in [5.41, 5.74) is 0. The van der Waals surface area contributed by atoms with Crippen LogP contribution >= 0.6 is 7.82 Å². The fourth-order valence-corrected chi connectivity index (χ4v) is 10.7. The summed E-state index contributed by atoms with van der Waals surface area (Å²) in [6.07, 6.45) is 75.4. The van der Waals surface area contributed by atoms with Gasteiger partial charge in [0.1, 0.15) is 19.8 Å². The minimum Gasteiger partial charge on any atom is -0.462 e. The number of hydrogen-bond donors (Lipinski definition) is 1. The lowest BCUT2D eigenvalue weighted by molar-refractivity contribution is -0.870. The van der Waals surface area contributed by atoms with Crippen molar-refractivity contribution in [2.45, 2.75) is 341 Å². The molecular formula is C68H131NO8P+. The normalized spacial score (nSPS) is 13.4. The van der Waals surface area contributed by atoms with E-state index in [9.17, 15) is 19.0 Å². The zero-order valence-electron chi connectivity index (χ0n) is 52.4. The second-order valence-corrected chi connectivity index (χ2v) is 25.7. The molecule has 0 aliphatic rings. The Morgan fingerprint density at radius 2 is 0.692 bits per heavy atom. The van der Waals surface area contributed by atoms with Crippen molar-refractivity contribution in [3.8, 4) is 0 Å². The first-order chi connectivity index (χ1) is 38.0. The van der Waals surface area contributed by atoms with Crippen molar-refractivity contribution in [1.82, 2.24) is 0 Å². The van der Waals surface area contributed by atoms with Gasteiger partial charge in [0, 0.05) is 12.8 Å². The van der Waals surface area contributed by atoms with E-state index in [1.54, 1.807) is 0 Å². The summed E-state index contributed by atoms with van der Waals surface area (Å²) >= 11 is 0. The van der Waals surface area contributed by atoms with Crippen LogP contribution in [0, 0.1) is 0 Å². The molecule has 0 aliphatic heterocycles. The molecule has 0 fully saturated rings. The molecule has 0 rings (SSSR count). The highest BCUT2D eigenvalue weighted by Crippen LogP contribution is 2.43. The topological polar surface area (TPSA) is 108 Å². The second-order valence-electron chi connectivity index (χ2n) is 24.2. The first kappa shape index (κ1) is 76.2. The molecule has 2 atom stereocenters. The smallest absolute Gasteiger partial charge is 0.462 e. The van der Waals surface area contributed by atoms with Crippen LogP contribution in [-0.4, -0.2) is 74.9 Å². The maximum atomic E-state index is 12.8.